The molecule has 1 fully saturated rings. The average Bonchev–Trinajstić information content (AvgIpc) is 3.26. The third kappa shape index (κ3) is 10.9. The summed E-state index contributed by atoms with van der Waals surface area (Å²) in [4.78, 5) is 43.8. The highest BCUT2D eigenvalue weighted by Crippen LogP contribution is 2.17. The van der Waals surface area contributed by atoms with Crippen molar-refractivity contribution in [3.8, 4) is 0 Å². The minimum atomic E-state index is -5.08. The van der Waals surface area contributed by atoms with Gasteiger partial charge < -0.3 is 19.7 Å². The van der Waals surface area contributed by atoms with Crippen LogP contribution in [0.1, 0.15) is 36.5 Å². The number of carbonyl (C=O) groups is 3. The van der Waals surface area contributed by atoms with Crippen LogP contribution < -0.4 is 0 Å². The highest BCUT2D eigenvalue weighted by Gasteiger charge is 2.38. The Morgan fingerprint density at radius 3 is 1.95 bits per heavy atom. The van der Waals surface area contributed by atoms with Crippen molar-refractivity contribution in [3.05, 3.63) is 47.8 Å². The van der Waals surface area contributed by atoms with Crippen LogP contribution in [0, 0.1) is 0 Å². The average molecular weight is 567 g/mol. The minimum absolute atomic E-state index is 0.130. The summed E-state index contributed by atoms with van der Waals surface area (Å²) in [5, 5.41) is 14.2. The molecule has 2 aromatic heterocycles. The van der Waals surface area contributed by atoms with Gasteiger partial charge in [-0.25, -0.2) is 14.6 Å². The predicted octanol–water partition coefficient (Wildman–Crippen LogP) is 3.12. The zero-order chi connectivity index (χ0) is 29.2. The van der Waals surface area contributed by atoms with Crippen LogP contribution in [0.3, 0.4) is 0 Å². The predicted molar refractivity (Wildman–Crippen MR) is 122 cm³/mol. The number of piperidine rings is 1. The summed E-state index contributed by atoms with van der Waals surface area (Å²) in [5.41, 5.74) is 1.96. The van der Waals surface area contributed by atoms with Crippen molar-refractivity contribution in [2.45, 2.75) is 57.7 Å². The van der Waals surface area contributed by atoms with Gasteiger partial charge in [-0.2, -0.15) is 26.3 Å². The van der Waals surface area contributed by atoms with Gasteiger partial charge in [0.05, 0.1) is 18.7 Å². The molecule has 0 aliphatic carbocycles. The molecule has 1 amide bonds. The van der Waals surface area contributed by atoms with Crippen LogP contribution in [0.4, 0.5) is 26.3 Å². The van der Waals surface area contributed by atoms with E-state index in [9.17, 15) is 31.1 Å². The fraction of sp³-hybridized carbons (Fsp3) is 0.522. The molecule has 2 aliphatic rings. The number of carboxylic acids is 2. The highest BCUT2D eigenvalue weighted by molar-refractivity contribution is 5.78. The van der Waals surface area contributed by atoms with Gasteiger partial charge in [-0.3, -0.25) is 14.7 Å². The Hall–Kier alpha value is -3.69. The second-order valence-corrected chi connectivity index (χ2v) is 8.60. The van der Waals surface area contributed by atoms with Crippen LogP contribution in [0.5, 0.6) is 0 Å². The van der Waals surface area contributed by atoms with E-state index in [1.54, 1.807) is 6.20 Å². The number of hydrogen-bond donors (Lipinski definition) is 2. The maximum absolute atomic E-state index is 12.5. The molecule has 0 spiro atoms. The van der Waals surface area contributed by atoms with E-state index >= 15 is 0 Å². The van der Waals surface area contributed by atoms with Gasteiger partial charge >= 0.3 is 24.3 Å². The number of nitrogens with zero attached hydrogens (tertiary/aromatic N) is 5. The molecule has 39 heavy (non-hydrogen) atoms. The molecule has 0 unspecified atom stereocenters. The second-order valence-electron chi connectivity index (χ2n) is 8.60. The summed E-state index contributed by atoms with van der Waals surface area (Å²) in [5.74, 6) is -4.38. The topological polar surface area (TPSA) is 129 Å². The Bertz CT molecular complexity index is 1080. The number of amides is 1. The molecule has 2 N–H and O–H groups in total. The van der Waals surface area contributed by atoms with Crippen LogP contribution in [0.25, 0.3) is 0 Å². The molecule has 2 aromatic rings. The first-order chi connectivity index (χ1) is 18.2. The van der Waals surface area contributed by atoms with E-state index in [4.69, 9.17) is 24.8 Å². The van der Waals surface area contributed by atoms with E-state index in [0.29, 0.717) is 13.0 Å². The van der Waals surface area contributed by atoms with E-state index in [1.807, 2.05) is 23.1 Å². The van der Waals surface area contributed by atoms with Gasteiger partial charge in [0, 0.05) is 37.7 Å². The van der Waals surface area contributed by atoms with Gasteiger partial charge in [-0.15, -0.1) is 0 Å². The third-order valence-corrected chi connectivity index (χ3v) is 5.58. The van der Waals surface area contributed by atoms with Crippen molar-refractivity contribution in [3.63, 3.8) is 0 Å². The van der Waals surface area contributed by atoms with Crippen LogP contribution in [-0.4, -0.2) is 84.4 Å². The standard InChI is InChI=1S/C19H25N5O.2C2HF3O2/c25-19(12-16-6-2-3-7-20-16)24-11-10-23-14-17(21-18(23)15-24)13-22-8-4-1-5-9-22;2*3-2(4,5)1(6)7/h2-3,6-7,14H,1,4-5,8-13,15H2;2*(H,6,7). The zero-order valence-corrected chi connectivity index (χ0v) is 20.6. The van der Waals surface area contributed by atoms with Gasteiger partial charge in [0.2, 0.25) is 5.91 Å². The van der Waals surface area contributed by atoms with Crippen LogP contribution >= 0.6 is 0 Å². The molecule has 0 radical (unpaired) electrons. The van der Waals surface area contributed by atoms with Crippen molar-refractivity contribution >= 4 is 17.8 Å². The van der Waals surface area contributed by atoms with Crippen LogP contribution in [-0.2, 0) is 40.4 Å². The Labute approximate surface area is 218 Å². The number of likely N-dealkylation sites (tertiary alicyclic amines) is 1. The first-order valence-corrected chi connectivity index (χ1v) is 11.7. The number of carboxylic acid groups (broad SMARTS) is 2. The molecule has 216 valence electrons. The maximum atomic E-state index is 12.5. The Morgan fingerprint density at radius 1 is 0.846 bits per heavy atom. The van der Waals surface area contributed by atoms with E-state index in [0.717, 1.165) is 36.8 Å². The molecule has 0 aromatic carbocycles. The minimum Gasteiger partial charge on any atom is -0.475 e. The largest absolute Gasteiger partial charge is 0.490 e. The molecule has 0 bridgehead atoms. The number of aromatic nitrogens is 3. The van der Waals surface area contributed by atoms with Crippen molar-refractivity contribution in [1.29, 1.82) is 0 Å². The number of rotatable bonds is 4. The molecule has 0 saturated carbocycles. The van der Waals surface area contributed by atoms with E-state index in [-0.39, 0.29) is 5.91 Å². The number of alkyl halides is 6. The normalized spacial score (nSPS) is 15.7. The number of fused-ring (bicyclic) bond motifs is 1. The molecule has 2 aliphatic heterocycles. The van der Waals surface area contributed by atoms with Crippen LogP contribution in [0.15, 0.2) is 30.6 Å². The summed E-state index contributed by atoms with van der Waals surface area (Å²) >= 11 is 0. The van der Waals surface area contributed by atoms with Crippen molar-refractivity contribution in [2.75, 3.05) is 19.6 Å². The van der Waals surface area contributed by atoms with Gasteiger partial charge in [0.25, 0.3) is 0 Å². The lowest BCUT2D eigenvalue weighted by atomic mass is 10.1. The number of pyridine rings is 1. The molecule has 4 heterocycles. The number of halogens is 6. The van der Waals surface area contributed by atoms with Gasteiger partial charge in [0.15, 0.2) is 0 Å². The van der Waals surface area contributed by atoms with Gasteiger partial charge in [-0.05, 0) is 38.1 Å². The lowest BCUT2D eigenvalue weighted by Crippen LogP contribution is -2.39. The van der Waals surface area contributed by atoms with Crippen molar-refractivity contribution < 1.29 is 50.9 Å². The number of carbonyl (C=O) groups excluding carboxylic acids is 1. The van der Waals surface area contributed by atoms with Gasteiger partial charge in [0.1, 0.15) is 5.82 Å². The fourth-order valence-corrected chi connectivity index (χ4v) is 3.72. The smallest absolute Gasteiger partial charge is 0.475 e. The lowest BCUT2D eigenvalue weighted by Gasteiger charge is -2.27. The van der Waals surface area contributed by atoms with E-state index in [2.05, 4.69) is 20.6 Å². The third-order valence-electron chi connectivity index (χ3n) is 5.58. The molecule has 10 nitrogen and oxygen atoms in total. The Balaban J connectivity index is 0.000000317. The molecule has 16 heteroatoms. The summed E-state index contributed by atoms with van der Waals surface area (Å²) < 4.78 is 65.7. The number of aliphatic carboxylic acids is 2. The molecule has 0 atom stereocenters. The van der Waals surface area contributed by atoms with Crippen molar-refractivity contribution in [1.82, 2.24) is 24.3 Å². The molecular formula is C23H27F6N5O5. The summed E-state index contributed by atoms with van der Waals surface area (Å²) in [7, 11) is 0. The highest BCUT2D eigenvalue weighted by atomic mass is 19.4. The SMILES string of the molecule is O=C(Cc1ccccn1)N1CCn2cc(CN3CCCCC3)nc2C1.O=C(O)C(F)(F)F.O=C(O)C(F)(F)F. The fourth-order valence-electron chi connectivity index (χ4n) is 3.72. The number of imidazole rings is 1. The molecule has 4 rings (SSSR count). The monoisotopic (exact) mass is 567 g/mol. The molecular weight excluding hydrogens is 540 g/mol. The quantitative estimate of drug-likeness (QED) is 0.540. The maximum Gasteiger partial charge on any atom is 0.490 e. The summed E-state index contributed by atoms with van der Waals surface area (Å²) in [6, 6.07) is 5.69. The van der Waals surface area contributed by atoms with E-state index in [1.165, 1.54) is 32.4 Å². The van der Waals surface area contributed by atoms with Gasteiger partial charge in [-0.1, -0.05) is 12.5 Å². The Kier molecular flexibility index (Phi) is 11.2. The lowest BCUT2D eigenvalue weighted by molar-refractivity contribution is -0.193. The summed E-state index contributed by atoms with van der Waals surface area (Å²) in [6.45, 7) is 5.47. The second kappa shape index (κ2) is 13.9. The van der Waals surface area contributed by atoms with Crippen molar-refractivity contribution in [2.24, 2.45) is 0 Å². The number of hydrogen-bond acceptors (Lipinski definition) is 6. The first-order valence-electron chi connectivity index (χ1n) is 11.7. The first kappa shape index (κ1) is 31.5. The zero-order valence-electron chi connectivity index (χ0n) is 20.6. The Morgan fingerprint density at radius 2 is 1.44 bits per heavy atom. The molecule has 1 saturated heterocycles. The van der Waals surface area contributed by atoms with E-state index < -0.39 is 24.3 Å². The summed E-state index contributed by atoms with van der Waals surface area (Å²) in [6.07, 6.45) is -1.96. The van der Waals surface area contributed by atoms with Crippen LogP contribution in [0.2, 0.25) is 0 Å².